The van der Waals surface area contributed by atoms with Crippen LogP contribution >= 0.6 is 11.3 Å². The van der Waals surface area contributed by atoms with Gasteiger partial charge < -0.3 is 10.6 Å². The van der Waals surface area contributed by atoms with E-state index in [9.17, 15) is 0 Å². The molecule has 0 spiro atoms. The number of rotatable bonds is 5. The van der Waals surface area contributed by atoms with Gasteiger partial charge in [-0.2, -0.15) is 0 Å². The van der Waals surface area contributed by atoms with Crippen molar-refractivity contribution in [2.45, 2.75) is 26.7 Å². The van der Waals surface area contributed by atoms with E-state index in [1.807, 2.05) is 5.38 Å². The molecule has 13 heavy (non-hydrogen) atoms. The van der Waals surface area contributed by atoms with E-state index in [-0.39, 0.29) is 0 Å². The fourth-order valence-electron chi connectivity index (χ4n) is 1.16. The van der Waals surface area contributed by atoms with E-state index < -0.39 is 0 Å². The molecule has 2 N–H and O–H groups in total. The predicted octanol–water partition coefficient (Wildman–Crippen LogP) is 2.35. The molecular formula is C9H17N3S. The Balaban J connectivity index is 2.56. The standard InChI is InChI=1S/C9H17N3S/c1-3-5-6-12(4-2)9-11-8(10)7-13-9/h7H,3-6,10H2,1-2H3. The van der Waals surface area contributed by atoms with Crippen molar-refractivity contribution in [3.63, 3.8) is 0 Å². The zero-order valence-electron chi connectivity index (χ0n) is 8.29. The SMILES string of the molecule is CCCCN(CC)c1nc(N)cs1. The third-order valence-corrected chi connectivity index (χ3v) is 2.86. The fraction of sp³-hybridized carbons (Fsp3) is 0.667. The largest absolute Gasteiger partial charge is 0.383 e. The van der Waals surface area contributed by atoms with Crippen molar-refractivity contribution in [2.24, 2.45) is 0 Å². The van der Waals surface area contributed by atoms with E-state index in [1.165, 1.54) is 12.8 Å². The minimum atomic E-state index is 0.634. The van der Waals surface area contributed by atoms with Crippen LogP contribution in [-0.2, 0) is 0 Å². The van der Waals surface area contributed by atoms with Gasteiger partial charge in [-0.15, -0.1) is 11.3 Å². The van der Waals surface area contributed by atoms with Gasteiger partial charge in [0.15, 0.2) is 5.13 Å². The van der Waals surface area contributed by atoms with Gasteiger partial charge in [0.25, 0.3) is 0 Å². The first-order valence-corrected chi connectivity index (χ1v) is 5.61. The van der Waals surface area contributed by atoms with Gasteiger partial charge in [0.05, 0.1) is 0 Å². The summed E-state index contributed by atoms with van der Waals surface area (Å²) >= 11 is 1.62. The lowest BCUT2D eigenvalue weighted by Crippen LogP contribution is -2.23. The first-order chi connectivity index (χ1) is 6.27. The number of nitrogen functional groups attached to an aromatic ring is 1. The molecule has 1 heterocycles. The van der Waals surface area contributed by atoms with Crippen molar-refractivity contribution in [1.29, 1.82) is 0 Å². The van der Waals surface area contributed by atoms with Crippen LogP contribution in [0.15, 0.2) is 5.38 Å². The van der Waals surface area contributed by atoms with Crippen LogP contribution in [0.25, 0.3) is 0 Å². The van der Waals surface area contributed by atoms with Crippen molar-refractivity contribution >= 4 is 22.3 Å². The summed E-state index contributed by atoms with van der Waals surface area (Å²) in [5.41, 5.74) is 5.57. The van der Waals surface area contributed by atoms with Gasteiger partial charge >= 0.3 is 0 Å². The van der Waals surface area contributed by atoms with Gasteiger partial charge in [-0.25, -0.2) is 4.98 Å². The van der Waals surface area contributed by atoms with E-state index >= 15 is 0 Å². The van der Waals surface area contributed by atoms with E-state index in [4.69, 9.17) is 5.73 Å². The number of aromatic nitrogens is 1. The summed E-state index contributed by atoms with van der Waals surface area (Å²) in [5, 5.41) is 2.94. The van der Waals surface area contributed by atoms with E-state index in [0.717, 1.165) is 18.2 Å². The average Bonchev–Trinajstić information content (AvgIpc) is 2.54. The van der Waals surface area contributed by atoms with Gasteiger partial charge in [0.2, 0.25) is 0 Å². The Morgan fingerprint density at radius 1 is 1.54 bits per heavy atom. The molecule has 0 amide bonds. The van der Waals surface area contributed by atoms with Gasteiger partial charge in [-0.05, 0) is 13.3 Å². The van der Waals surface area contributed by atoms with Crippen molar-refractivity contribution < 1.29 is 0 Å². The minimum absolute atomic E-state index is 0.634. The lowest BCUT2D eigenvalue weighted by molar-refractivity contribution is 0.730. The normalized spacial score (nSPS) is 10.3. The highest BCUT2D eigenvalue weighted by molar-refractivity contribution is 7.14. The van der Waals surface area contributed by atoms with Crippen molar-refractivity contribution in [3.8, 4) is 0 Å². The molecule has 3 nitrogen and oxygen atoms in total. The molecule has 0 fully saturated rings. The first-order valence-electron chi connectivity index (χ1n) is 4.73. The molecule has 4 heteroatoms. The maximum absolute atomic E-state index is 5.57. The molecule has 0 unspecified atom stereocenters. The first kappa shape index (κ1) is 10.3. The zero-order valence-corrected chi connectivity index (χ0v) is 9.10. The second-order valence-electron chi connectivity index (χ2n) is 2.99. The van der Waals surface area contributed by atoms with Crippen LogP contribution in [0.3, 0.4) is 0 Å². The topological polar surface area (TPSA) is 42.2 Å². The molecule has 0 bridgehead atoms. The number of anilines is 2. The van der Waals surface area contributed by atoms with Crippen molar-refractivity contribution in [1.82, 2.24) is 4.98 Å². The molecule has 0 aliphatic rings. The molecule has 0 aliphatic heterocycles. The monoisotopic (exact) mass is 199 g/mol. The molecule has 0 aliphatic carbocycles. The molecule has 1 rings (SSSR count). The third kappa shape index (κ3) is 2.88. The van der Waals surface area contributed by atoms with Crippen LogP contribution in [0, 0.1) is 0 Å². The lowest BCUT2D eigenvalue weighted by Gasteiger charge is -2.18. The molecule has 0 aromatic carbocycles. The van der Waals surface area contributed by atoms with Crippen LogP contribution in [0.1, 0.15) is 26.7 Å². The maximum atomic E-state index is 5.57. The number of nitrogens with zero attached hydrogens (tertiary/aromatic N) is 2. The van der Waals surface area contributed by atoms with Crippen LogP contribution < -0.4 is 10.6 Å². The van der Waals surface area contributed by atoms with E-state index in [1.54, 1.807) is 11.3 Å². The van der Waals surface area contributed by atoms with Gasteiger partial charge in [0.1, 0.15) is 5.82 Å². The summed E-state index contributed by atoms with van der Waals surface area (Å²) in [6, 6.07) is 0. The Labute approximate surface area is 83.6 Å². The van der Waals surface area contributed by atoms with Crippen LogP contribution in [0.4, 0.5) is 10.9 Å². The summed E-state index contributed by atoms with van der Waals surface area (Å²) in [4.78, 5) is 6.53. The Bertz CT molecular complexity index is 247. The summed E-state index contributed by atoms with van der Waals surface area (Å²) in [5.74, 6) is 0.634. The highest BCUT2D eigenvalue weighted by Gasteiger charge is 2.06. The highest BCUT2D eigenvalue weighted by atomic mass is 32.1. The summed E-state index contributed by atoms with van der Waals surface area (Å²) in [7, 11) is 0. The molecule has 0 radical (unpaired) electrons. The van der Waals surface area contributed by atoms with E-state index in [0.29, 0.717) is 5.82 Å². The van der Waals surface area contributed by atoms with Crippen molar-refractivity contribution in [3.05, 3.63) is 5.38 Å². The maximum Gasteiger partial charge on any atom is 0.187 e. The van der Waals surface area contributed by atoms with Crippen LogP contribution in [0.2, 0.25) is 0 Å². The van der Waals surface area contributed by atoms with Crippen molar-refractivity contribution in [2.75, 3.05) is 23.7 Å². The molecule has 1 aromatic rings. The Morgan fingerprint density at radius 2 is 2.31 bits per heavy atom. The summed E-state index contributed by atoms with van der Waals surface area (Å²) in [6.45, 7) is 6.43. The Morgan fingerprint density at radius 3 is 2.77 bits per heavy atom. The minimum Gasteiger partial charge on any atom is -0.383 e. The predicted molar refractivity (Wildman–Crippen MR) is 59.3 cm³/mol. The Hall–Kier alpha value is -0.770. The molecule has 0 atom stereocenters. The number of unbranched alkanes of at least 4 members (excludes halogenated alkanes) is 1. The average molecular weight is 199 g/mol. The molecular weight excluding hydrogens is 182 g/mol. The second kappa shape index (κ2) is 5.07. The second-order valence-corrected chi connectivity index (χ2v) is 3.82. The van der Waals surface area contributed by atoms with E-state index in [2.05, 4.69) is 23.7 Å². The number of thiazole rings is 1. The number of hydrogen-bond acceptors (Lipinski definition) is 4. The van der Waals surface area contributed by atoms with Crippen LogP contribution in [-0.4, -0.2) is 18.1 Å². The Kier molecular flexibility index (Phi) is 4.02. The quantitative estimate of drug-likeness (QED) is 0.791. The third-order valence-electron chi connectivity index (χ3n) is 1.94. The number of hydrogen-bond donors (Lipinski definition) is 1. The summed E-state index contributed by atoms with van der Waals surface area (Å²) < 4.78 is 0. The summed E-state index contributed by atoms with van der Waals surface area (Å²) in [6.07, 6.45) is 2.44. The molecule has 0 saturated heterocycles. The highest BCUT2D eigenvalue weighted by Crippen LogP contribution is 2.21. The fourth-order valence-corrected chi connectivity index (χ4v) is 1.97. The number of nitrogens with two attached hydrogens (primary N) is 1. The van der Waals surface area contributed by atoms with Gasteiger partial charge in [0, 0.05) is 18.5 Å². The molecule has 1 aromatic heterocycles. The van der Waals surface area contributed by atoms with Gasteiger partial charge in [-0.3, -0.25) is 0 Å². The molecule has 74 valence electrons. The smallest absolute Gasteiger partial charge is 0.187 e. The van der Waals surface area contributed by atoms with Crippen LogP contribution in [0.5, 0.6) is 0 Å². The zero-order chi connectivity index (χ0) is 9.68. The molecule has 0 saturated carbocycles. The van der Waals surface area contributed by atoms with Gasteiger partial charge in [-0.1, -0.05) is 13.3 Å². The lowest BCUT2D eigenvalue weighted by atomic mass is 10.3.